The number of benzene rings is 2. The number of thiophene rings is 1. The summed E-state index contributed by atoms with van der Waals surface area (Å²) in [6.45, 7) is 1.99. The van der Waals surface area contributed by atoms with Crippen LogP contribution in [-0.4, -0.2) is 10.9 Å². The van der Waals surface area contributed by atoms with E-state index in [0.717, 1.165) is 34.0 Å². The zero-order valence-corrected chi connectivity index (χ0v) is 14.9. The topological polar surface area (TPSA) is 42.0 Å². The fourth-order valence-corrected chi connectivity index (χ4v) is 3.75. The molecule has 27 heavy (non-hydrogen) atoms. The van der Waals surface area contributed by atoms with Crippen LogP contribution < -0.4 is 5.32 Å². The number of carbonyl (C=O) groups excluding carboxylic acids is 1. The van der Waals surface area contributed by atoms with E-state index in [0.29, 0.717) is 9.71 Å². The van der Waals surface area contributed by atoms with Crippen molar-refractivity contribution in [2.45, 2.75) is 13.1 Å². The second kappa shape index (κ2) is 6.35. The number of rotatable bonds is 2. The van der Waals surface area contributed by atoms with Gasteiger partial charge in [0.1, 0.15) is 4.83 Å². The van der Waals surface area contributed by atoms with Crippen LogP contribution >= 0.6 is 11.3 Å². The molecule has 0 bridgehead atoms. The number of nitrogens with zero attached hydrogens (tertiary/aromatic N) is 1. The minimum Gasteiger partial charge on any atom is -0.321 e. The van der Waals surface area contributed by atoms with Crippen molar-refractivity contribution in [3.63, 3.8) is 0 Å². The number of carbonyl (C=O) groups is 1. The van der Waals surface area contributed by atoms with E-state index in [9.17, 15) is 18.0 Å². The predicted octanol–water partition coefficient (Wildman–Crippen LogP) is 6.03. The van der Waals surface area contributed by atoms with E-state index in [4.69, 9.17) is 0 Å². The molecule has 0 aliphatic heterocycles. The molecule has 3 nitrogen and oxygen atoms in total. The van der Waals surface area contributed by atoms with Gasteiger partial charge in [-0.2, -0.15) is 13.2 Å². The summed E-state index contributed by atoms with van der Waals surface area (Å²) >= 11 is 1.21. The first-order valence-corrected chi connectivity index (χ1v) is 8.91. The van der Waals surface area contributed by atoms with Crippen molar-refractivity contribution >= 4 is 44.1 Å². The molecule has 0 atom stereocenters. The Hall–Kier alpha value is -2.93. The van der Waals surface area contributed by atoms with E-state index >= 15 is 0 Å². The van der Waals surface area contributed by atoms with Gasteiger partial charge in [0.05, 0.1) is 16.0 Å². The Kier molecular flexibility index (Phi) is 4.11. The highest BCUT2D eigenvalue weighted by Crippen LogP contribution is 2.32. The van der Waals surface area contributed by atoms with Gasteiger partial charge in [-0.05, 0) is 49.4 Å². The summed E-state index contributed by atoms with van der Waals surface area (Å²) in [5.74, 6) is -0.461. The number of hydrogen-bond donors (Lipinski definition) is 1. The van der Waals surface area contributed by atoms with Crippen LogP contribution in [0.5, 0.6) is 0 Å². The zero-order valence-electron chi connectivity index (χ0n) is 14.1. The molecule has 2 heterocycles. The number of aryl methyl sites for hydroxylation is 1. The average molecular weight is 386 g/mol. The fraction of sp³-hybridized carbons (Fsp3) is 0.100. The van der Waals surface area contributed by atoms with Gasteiger partial charge in [0.25, 0.3) is 5.91 Å². The number of nitrogens with one attached hydrogen (secondary N) is 1. The van der Waals surface area contributed by atoms with E-state index in [1.165, 1.54) is 23.5 Å². The second-order valence-corrected chi connectivity index (χ2v) is 7.25. The van der Waals surface area contributed by atoms with Crippen molar-refractivity contribution in [3.8, 4) is 0 Å². The Morgan fingerprint density at radius 1 is 1.04 bits per heavy atom. The molecule has 0 aliphatic rings. The molecule has 0 fully saturated rings. The Morgan fingerprint density at radius 2 is 1.85 bits per heavy atom. The quantitative estimate of drug-likeness (QED) is 0.457. The maximum absolute atomic E-state index is 12.8. The third kappa shape index (κ3) is 3.50. The Morgan fingerprint density at radius 3 is 2.63 bits per heavy atom. The van der Waals surface area contributed by atoms with Crippen molar-refractivity contribution in [2.75, 3.05) is 5.32 Å². The van der Waals surface area contributed by atoms with Crippen LogP contribution in [0, 0.1) is 6.92 Å². The summed E-state index contributed by atoms with van der Waals surface area (Å²) in [6.07, 6.45) is -4.46. The molecular weight excluding hydrogens is 373 g/mol. The van der Waals surface area contributed by atoms with Gasteiger partial charge in [-0.15, -0.1) is 11.3 Å². The molecule has 136 valence electrons. The molecule has 4 aromatic rings. The van der Waals surface area contributed by atoms with Crippen LogP contribution in [0.15, 0.2) is 54.6 Å². The number of hydrogen-bond acceptors (Lipinski definition) is 3. The van der Waals surface area contributed by atoms with Gasteiger partial charge in [-0.1, -0.05) is 17.7 Å². The number of amides is 1. The lowest BCUT2D eigenvalue weighted by molar-refractivity contribution is -0.137. The van der Waals surface area contributed by atoms with Crippen LogP contribution in [0.1, 0.15) is 20.8 Å². The highest BCUT2D eigenvalue weighted by molar-refractivity contribution is 7.20. The van der Waals surface area contributed by atoms with Crippen molar-refractivity contribution < 1.29 is 18.0 Å². The highest BCUT2D eigenvalue weighted by Gasteiger charge is 2.30. The van der Waals surface area contributed by atoms with E-state index in [-0.39, 0.29) is 5.69 Å². The Balaban J connectivity index is 1.66. The molecule has 0 saturated carbocycles. The van der Waals surface area contributed by atoms with Crippen LogP contribution in [0.3, 0.4) is 0 Å². The Labute approximate surface area is 156 Å². The van der Waals surface area contributed by atoms with Gasteiger partial charge >= 0.3 is 6.18 Å². The lowest BCUT2D eigenvalue weighted by atomic mass is 10.1. The molecule has 0 aliphatic carbocycles. The van der Waals surface area contributed by atoms with E-state index in [2.05, 4.69) is 10.3 Å². The minimum absolute atomic E-state index is 0.0982. The first-order valence-electron chi connectivity index (χ1n) is 8.09. The minimum atomic E-state index is -4.46. The zero-order chi connectivity index (χ0) is 19.2. The summed E-state index contributed by atoms with van der Waals surface area (Å²) in [4.78, 5) is 18.1. The van der Waals surface area contributed by atoms with Gasteiger partial charge in [-0.3, -0.25) is 4.79 Å². The van der Waals surface area contributed by atoms with Gasteiger partial charge in [0.15, 0.2) is 0 Å². The summed E-state index contributed by atoms with van der Waals surface area (Å²) in [5, 5.41) is 4.33. The monoisotopic (exact) mass is 386 g/mol. The number of aromatic nitrogens is 1. The molecule has 1 amide bonds. The third-order valence-corrected chi connectivity index (χ3v) is 5.17. The molecule has 0 saturated heterocycles. The molecule has 0 unspecified atom stereocenters. The molecule has 7 heteroatoms. The number of halogens is 3. The number of fused-ring (bicyclic) bond motifs is 2. The van der Waals surface area contributed by atoms with Crippen molar-refractivity contribution in [2.24, 2.45) is 0 Å². The molecule has 2 aromatic heterocycles. The van der Waals surface area contributed by atoms with Gasteiger partial charge in [0, 0.05) is 16.5 Å². The third-order valence-electron chi connectivity index (χ3n) is 4.13. The first kappa shape index (κ1) is 17.5. The largest absolute Gasteiger partial charge is 0.416 e. The maximum atomic E-state index is 12.8. The number of pyridine rings is 1. The second-order valence-electron chi connectivity index (χ2n) is 6.22. The predicted molar refractivity (Wildman–Crippen MR) is 101 cm³/mol. The molecule has 1 N–H and O–H groups in total. The number of alkyl halides is 3. The van der Waals surface area contributed by atoms with Crippen LogP contribution in [-0.2, 0) is 6.18 Å². The standard InChI is InChI=1S/C20H13F3N2OS/c1-11-5-6-16-12(7-11)8-13-9-17(27-19(13)25-16)18(26)24-15-4-2-3-14(10-15)20(21,22)23/h2-10H,1H3,(H,24,26). The highest BCUT2D eigenvalue weighted by atomic mass is 32.1. The molecule has 4 rings (SSSR count). The number of anilines is 1. The molecular formula is C20H13F3N2OS. The van der Waals surface area contributed by atoms with Gasteiger partial charge < -0.3 is 5.32 Å². The van der Waals surface area contributed by atoms with Crippen LogP contribution in [0.4, 0.5) is 18.9 Å². The van der Waals surface area contributed by atoms with E-state index in [1.807, 2.05) is 31.2 Å². The maximum Gasteiger partial charge on any atom is 0.416 e. The smallest absolute Gasteiger partial charge is 0.321 e. The first-order chi connectivity index (χ1) is 12.8. The molecule has 2 aromatic carbocycles. The summed E-state index contributed by atoms with van der Waals surface area (Å²) in [5.41, 5.74) is 1.24. The molecule has 0 spiro atoms. The summed E-state index contributed by atoms with van der Waals surface area (Å²) < 4.78 is 38.4. The van der Waals surface area contributed by atoms with Crippen molar-refractivity contribution in [3.05, 3.63) is 70.6 Å². The van der Waals surface area contributed by atoms with Gasteiger partial charge in [-0.25, -0.2) is 4.98 Å². The Bertz CT molecular complexity index is 1180. The summed E-state index contributed by atoms with van der Waals surface area (Å²) in [6, 6.07) is 14.1. The normalized spacial score (nSPS) is 11.9. The fourth-order valence-electron chi connectivity index (χ4n) is 2.83. The van der Waals surface area contributed by atoms with E-state index < -0.39 is 17.6 Å². The lowest BCUT2D eigenvalue weighted by Gasteiger charge is -2.09. The SMILES string of the molecule is Cc1ccc2nc3sc(C(=O)Nc4cccc(C(F)(F)F)c4)cc3cc2c1. The van der Waals surface area contributed by atoms with Crippen molar-refractivity contribution in [1.29, 1.82) is 0 Å². The van der Waals surface area contributed by atoms with Crippen LogP contribution in [0.2, 0.25) is 0 Å². The lowest BCUT2D eigenvalue weighted by Crippen LogP contribution is -2.11. The van der Waals surface area contributed by atoms with Crippen molar-refractivity contribution in [1.82, 2.24) is 4.98 Å². The van der Waals surface area contributed by atoms with Gasteiger partial charge in [0.2, 0.25) is 0 Å². The average Bonchev–Trinajstić information content (AvgIpc) is 3.02. The van der Waals surface area contributed by atoms with E-state index in [1.54, 1.807) is 6.07 Å². The molecule has 0 radical (unpaired) electrons. The summed E-state index contributed by atoms with van der Waals surface area (Å²) in [7, 11) is 0. The van der Waals surface area contributed by atoms with Crippen LogP contribution in [0.25, 0.3) is 21.1 Å².